The first-order valence-corrected chi connectivity index (χ1v) is 6.93. The van der Waals surface area contributed by atoms with Crippen molar-refractivity contribution in [1.29, 1.82) is 0 Å². The second kappa shape index (κ2) is 6.26. The number of hydrogen-bond donors (Lipinski definition) is 2. The third kappa shape index (κ3) is 3.39. The summed E-state index contributed by atoms with van der Waals surface area (Å²) in [6.07, 6.45) is 4.47. The number of rotatable bonds is 4. The number of primary amides is 1. The predicted octanol–water partition coefficient (Wildman–Crippen LogP) is 2.35. The van der Waals surface area contributed by atoms with Crippen molar-refractivity contribution in [2.45, 2.75) is 37.8 Å². The Hall–Kier alpha value is -1.26. The molecule has 0 saturated heterocycles. The van der Waals surface area contributed by atoms with Gasteiger partial charge in [-0.25, -0.2) is 0 Å². The second-order valence-corrected chi connectivity index (χ2v) is 5.28. The lowest BCUT2D eigenvalue weighted by molar-refractivity contribution is 0.0971. The highest BCUT2D eigenvalue weighted by Crippen LogP contribution is 2.28. The van der Waals surface area contributed by atoms with Crippen molar-refractivity contribution in [2.24, 2.45) is 5.73 Å². The van der Waals surface area contributed by atoms with E-state index in [1.54, 1.807) is 18.2 Å². The number of hydrogen-bond acceptors (Lipinski definition) is 3. The van der Waals surface area contributed by atoms with E-state index >= 15 is 0 Å². The van der Waals surface area contributed by atoms with Gasteiger partial charge in [-0.15, -0.1) is 0 Å². The molecule has 1 amide bonds. The number of carbonyl (C=O) groups excluding carboxylic acids is 1. The van der Waals surface area contributed by atoms with E-state index in [-0.39, 0.29) is 6.10 Å². The molecule has 0 aliphatic heterocycles. The topological polar surface area (TPSA) is 64.3 Å². The van der Waals surface area contributed by atoms with Gasteiger partial charge in [-0.2, -0.15) is 0 Å². The van der Waals surface area contributed by atoms with Crippen LogP contribution in [0.4, 0.5) is 0 Å². The average Bonchev–Trinajstić information content (AvgIpc) is 2.41. The minimum Gasteiger partial charge on any atom is -0.488 e. The van der Waals surface area contributed by atoms with Crippen molar-refractivity contribution in [3.05, 3.63) is 28.8 Å². The molecule has 0 aromatic heterocycles. The predicted molar refractivity (Wildman–Crippen MR) is 75.7 cm³/mol. The maximum absolute atomic E-state index is 11.4. The van der Waals surface area contributed by atoms with Gasteiger partial charge in [0.1, 0.15) is 11.9 Å². The molecule has 0 heterocycles. The quantitative estimate of drug-likeness (QED) is 0.891. The molecule has 5 heteroatoms. The zero-order chi connectivity index (χ0) is 13.8. The van der Waals surface area contributed by atoms with Crippen molar-refractivity contribution < 1.29 is 9.53 Å². The molecule has 4 nitrogen and oxygen atoms in total. The molecule has 2 unspecified atom stereocenters. The Labute approximate surface area is 118 Å². The lowest BCUT2D eigenvalue weighted by Crippen LogP contribution is -2.43. The zero-order valence-corrected chi connectivity index (χ0v) is 11.7. The SMILES string of the molecule is CNC1CCCCC1Oc1ccc(Cl)cc1C(N)=O. The fraction of sp³-hybridized carbons (Fsp3) is 0.500. The summed E-state index contributed by atoms with van der Waals surface area (Å²) in [5.74, 6) is -0.00151. The summed E-state index contributed by atoms with van der Waals surface area (Å²) in [7, 11) is 1.93. The van der Waals surface area contributed by atoms with Crippen molar-refractivity contribution in [1.82, 2.24) is 5.32 Å². The molecule has 3 N–H and O–H groups in total. The molecule has 104 valence electrons. The fourth-order valence-corrected chi connectivity index (χ4v) is 2.70. The number of carbonyl (C=O) groups is 1. The van der Waals surface area contributed by atoms with Gasteiger partial charge >= 0.3 is 0 Å². The Morgan fingerprint density at radius 3 is 2.84 bits per heavy atom. The van der Waals surface area contributed by atoms with Crippen LogP contribution in [0.1, 0.15) is 36.0 Å². The molecule has 1 aliphatic rings. The fourth-order valence-electron chi connectivity index (χ4n) is 2.53. The number of benzene rings is 1. The van der Waals surface area contributed by atoms with E-state index in [2.05, 4.69) is 5.32 Å². The molecule has 1 aromatic rings. The van der Waals surface area contributed by atoms with Crippen LogP contribution in [0.3, 0.4) is 0 Å². The van der Waals surface area contributed by atoms with Crippen molar-refractivity contribution >= 4 is 17.5 Å². The summed E-state index contributed by atoms with van der Waals surface area (Å²) < 4.78 is 5.98. The summed E-state index contributed by atoms with van der Waals surface area (Å²) in [5, 5.41) is 3.75. The number of likely N-dealkylation sites (N-methyl/N-ethyl adjacent to an activating group) is 1. The molecular formula is C14H19ClN2O2. The van der Waals surface area contributed by atoms with Gasteiger partial charge in [-0.05, 0) is 44.5 Å². The van der Waals surface area contributed by atoms with Crippen molar-refractivity contribution in [3.63, 3.8) is 0 Å². The molecule has 2 atom stereocenters. The van der Waals surface area contributed by atoms with Crippen LogP contribution in [0.15, 0.2) is 18.2 Å². The van der Waals surface area contributed by atoms with Gasteiger partial charge in [0.2, 0.25) is 0 Å². The van der Waals surface area contributed by atoms with Crippen LogP contribution in [-0.2, 0) is 0 Å². The summed E-state index contributed by atoms with van der Waals surface area (Å²) >= 11 is 5.88. The second-order valence-electron chi connectivity index (χ2n) is 4.84. The van der Waals surface area contributed by atoms with Crippen LogP contribution in [0.2, 0.25) is 5.02 Å². The highest BCUT2D eigenvalue weighted by atomic mass is 35.5. The third-order valence-electron chi connectivity index (χ3n) is 3.56. The minimum absolute atomic E-state index is 0.0676. The molecule has 1 aliphatic carbocycles. The third-order valence-corrected chi connectivity index (χ3v) is 3.79. The lowest BCUT2D eigenvalue weighted by atomic mass is 9.92. The van der Waals surface area contributed by atoms with Gasteiger partial charge in [0.15, 0.2) is 0 Å². The first-order valence-electron chi connectivity index (χ1n) is 6.55. The minimum atomic E-state index is -0.519. The first kappa shape index (κ1) is 14.2. The Balaban J connectivity index is 2.20. The number of halogens is 1. The van der Waals surface area contributed by atoms with Gasteiger partial charge < -0.3 is 15.8 Å². The van der Waals surface area contributed by atoms with E-state index < -0.39 is 5.91 Å². The molecule has 0 spiro atoms. The highest BCUT2D eigenvalue weighted by Gasteiger charge is 2.26. The molecule has 1 fully saturated rings. The van der Waals surface area contributed by atoms with Gasteiger partial charge in [-0.3, -0.25) is 4.79 Å². The Kier molecular flexibility index (Phi) is 4.66. The normalized spacial score (nSPS) is 23.1. The van der Waals surface area contributed by atoms with Crippen LogP contribution in [-0.4, -0.2) is 25.1 Å². The number of nitrogens with one attached hydrogen (secondary N) is 1. The molecule has 0 radical (unpaired) electrons. The summed E-state index contributed by atoms with van der Waals surface area (Å²) in [4.78, 5) is 11.4. The van der Waals surface area contributed by atoms with Crippen LogP contribution in [0.25, 0.3) is 0 Å². The maximum atomic E-state index is 11.4. The van der Waals surface area contributed by atoms with Crippen molar-refractivity contribution in [3.8, 4) is 5.75 Å². The lowest BCUT2D eigenvalue weighted by Gasteiger charge is -2.32. The van der Waals surface area contributed by atoms with E-state index in [1.165, 1.54) is 6.42 Å². The molecule has 1 aromatic carbocycles. The van der Waals surface area contributed by atoms with Crippen LogP contribution in [0.5, 0.6) is 5.75 Å². The maximum Gasteiger partial charge on any atom is 0.252 e. The smallest absolute Gasteiger partial charge is 0.252 e. The molecule has 0 bridgehead atoms. The number of nitrogens with two attached hydrogens (primary N) is 1. The molecular weight excluding hydrogens is 264 g/mol. The van der Waals surface area contributed by atoms with E-state index in [0.29, 0.717) is 22.4 Å². The number of amides is 1. The van der Waals surface area contributed by atoms with Crippen LogP contribution >= 0.6 is 11.6 Å². The van der Waals surface area contributed by atoms with Gasteiger partial charge in [0.25, 0.3) is 5.91 Å². The molecule has 1 saturated carbocycles. The molecule has 19 heavy (non-hydrogen) atoms. The van der Waals surface area contributed by atoms with E-state index in [1.807, 2.05) is 7.05 Å². The van der Waals surface area contributed by atoms with Gasteiger partial charge in [0.05, 0.1) is 5.56 Å². The monoisotopic (exact) mass is 282 g/mol. The largest absolute Gasteiger partial charge is 0.488 e. The summed E-state index contributed by atoms with van der Waals surface area (Å²) in [6.45, 7) is 0. The van der Waals surface area contributed by atoms with E-state index in [4.69, 9.17) is 22.1 Å². The summed E-state index contributed by atoms with van der Waals surface area (Å²) in [5.41, 5.74) is 5.70. The van der Waals surface area contributed by atoms with Gasteiger partial charge in [0, 0.05) is 11.1 Å². The van der Waals surface area contributed by atoms with E-state index in [0.717, 1.165) is 19.3 Å². The zero-order valence-electron chi connectivity index (χ0n) is 11.0. The van der Waals surface area contributed by atoms with Crippen molar-refractivity contribution in [2.75, 3.05) is 7.05 Å². The Morgan fingerprint density at radius 2 is 2.16 bits per heavy atom. The first-order chi connectivity index (χ1) is 9.11. The molecule has 2 rings (SSSR count). The Bertz CT molecular complexity index is 465. The van der Waals surface area contributed by atoms with Gasteiger partial charge in [-0.1, -0.05) is 18.0 Å². The number of ether oxygens (including phenoxy) is 1. The van der Waals surface area contributed by atoms with Crippen LogP contribution < -0.4 is 15.8 Å². The average molecular weight is 283 g/mol. The Morgan fingerprint density at radius 1 is 1.42 bits per heavy atom. The van der Waals surface area contributed by atoms with E-state index in [9.17, 15) is 4.79 Å². The highest BCUT2D eigenvalue weighted by molar-refractivity contribution is 6.31. The standard InChI is InChI=1S/C14H19ClN2O2/c1-17-11-4-2-3-5-13(11)19-12-7-6-9(15)8-10(12)14(16)18/h6-8,11,13,17H,2-5H2,1H3,(H2,16,18). The van der Waals surface area contributed by atoms with Crippen LogP contribution in [0, 0.1) is 0 Å². The summed E-state index contributed by atoms with van der Waals surface area (Å²) in [6, 6.07) is 5.28.